The van der Waals surface area contributed by atoms with Crippen molar-refractivity contribution in [3.8, 4) is 0 Å². The van der Waals surface area contributed by atoms with Gasteiger partial charge in [-0.2, -0.15) is 0 Å². The van der Waals surface area contributed by atoms with Crippen molar-refractivity contribution in [1.82, 2.24) is 0 Å². The molecule has 0 heterocycles. The predicted octanol–water partition coefficient (Wildman–Crippen LogP) is 9.29. The maximum atomic E-state index is 10.2. The molecule has 0 saturated heterocycles. The predicted molar refractivity (Wildman–Crippen MR) is 154 cm³/mol. The van der Waals surface area contributed by atoms with Crippen LogP contribution in [0.15, 0.2) is 30.3 Å². The van der Waals surface area contributed by atoms with Gasteiger partial charge in [-0.05, 0) is 55.3 Å². The zero-order valence-corrected chi connectivity index (χ0v) is 25.3. The number of hydrogen-bond donors (Lipinski definition) is 1. The Hall–Kier alpha value is -0.683. The van der Waals surface area contributed by atoms with E-state index in [4.69, 9.17) is 9.16 Å². The number of aliphatic hydroxyl groups is 1. The fourth-order valence-corrected chi connectivity index (χ4v) is 7.31. The molecule has 0 unspecified atom stereocenters. The molecule has 0 amide bonds. The van der Waals surface area contributed by atoms with E-state index in [1.807, 2.05) is 18.2 Å². The minimum absolute atomic E-state index is 0.232. The van der Waals surface area contributed by atoms with Crippen LogP contribution in [0, 0.1) is 5.92 Å². The maximum absolute atomic E-state index is 10.2. The summed E-state index contributed by atoms with van der Waals surface area (Å²) >= 11 is 0. The quantitative estimate of drug-likeness (QED) is 0.133. The molecule has 1 aromatic rings. The third kappa shape index (κ3) is 13.4. The third-order valence-corrected chi connectivity index (χ3v) is 13.0. The Labute approximate surface area is 219 Å². The second-order valence-electron chi connectivity index (χ2n) is 11.9. The Bertz CT molecular complexity index is 629. The summed E-state index contributed by atoms with van der Waals surface area (Å²) in [5.74, 6) is 0.649. The Morgan fingerprint density at radius 2 is 1.40 bits per heavy atom. The van der Waals surface area contributed by atoms with Crippen molar-refractivity contribution in [2.75, 3.05) is 6.61 Å². The van der Waals surface area contributed by atoms with E-state index >= 15 is 0 Å². The van der Waals surface area contributed by atoms with Crippen molar-refractivity contribution in [2.24, 2.45) is 5.92 Å². The van der Waals surface area contributed by atoms with Crippen LogP contribution in [-0.2, 0) is 15.8 Å². The Morgan fingerprint density at radius 3 is 2.00 bits per heavy atom. The van der Waals surface area contributed by atoms with Gasteiger partial charge in [-0.3, -0.25) is 0 Å². The molecule has 3 nitrogen and oxygen atoms in total. The van der Waals surface area contributed by atoms with E-state index in [9.17, 15) is 5.11 Å². The fraction of sp³-hybridized carbons (Fsp3) is 0.806. The van der Waals surface area contributed by atoms with Crippen LogP contribution < -0.4 is 0 Å². The van der Waals surface area contributed by atoms with E-state index in [1.165, 1.54) is 63.4 Å². The molecule has 35 heavy (non-hydrogen) atoms. The smallest absolute Gasteiger partial charge is 0.192 e. The highest BCUT2D eigenvalue weighted by Crippen LogP contribution is 2.45. The molecular weight excluding hydrogens is 448 g/mol. The van der Waals surface area contributed by atoms with Crippen LogP contribution in [0.4, 0.5) is 0 Å². The number of rotatable bonds is 21. The molecule has 1 rings (SSSR count). The molecule has 4 heteroatoms. The average molecular weight is 507 g/mol. The summed E-state index contributed by atoms with van der Waals surface area (Å²) in [6.45, 7) is 17.9. The van der Waals surface area contributed by atoms with Crippen molar-refractivity contribution in [3.05, 3.63) is 35.9 Å². The lowest BCUT2D eigenvalue weighted by Gasteiger charge is -2.44. The van der Waals surface area contributed by atoms with Gasteiger partial charge in [0.15, 0.2) is 8.32 Å². The van der Waals surface area contributed by atoms with Gasteiger partial charge in [0.25, 0.3) is 0 Å². The monoisotopic (exact) mass is 506 g/mol. The van der Waals surface area contributed by atoms with Gasteiger partial charge in [-0.15, -0.1) is 0 Å². The molecule has 0 aromatic heterocycles. The molecule has 0 aliphatic rings. The van der Waals surface area contributed by atoms with Crippen LogP contribution in [0.2, 0.25) is 18.1 Å². The van der Waals surface area contributed by atoms with E-state index in [2.05, 4.69) is 59.8 Å². The largest absolute Gasteiger partial charge is 0.414 e. The molecule has 0 radical (unpaired) electrons. The summed E-state index contributed by atoms with van der Waals surface area (Å²) in [6.07, 6.45) is 14.3. The number of hydrogen-bond acceptors (Lipinski definition) is 3. The van der Waals surface area contributed by atoms with Gasteiger partial charge in [0, 0.05) is 12.7 Å². The zero-order valence-electron chi connectivity index (χ0n) is 24.3. The van der Waals surface area contributed by atoms with E-state index in [1.54, 1.807) is 0 Å². The molecule has 0 aliphatic heterocycles. The molecule has 1 aromatic carbocycles. The zero-order chi connectivity index (χ0) is 26.2. The van der Waals surface area contributed by atoms with Crippen molar-refractivity contribution >= 4 is 8.32 Å². The summed E-state index contributed by atoms with van der Waals surface area (Å²) in [4.78, 5) is 0. The molecule has 0 bridgehead atoms. The number of ether oxygens (including phenoxy) is 1. The molecule has 0 fully saturated rings. The summed E-state index contributed by atoms with van der Waals surface area (Å²) in [5, 5.41) is 10.5. The van der Waals surface area contributed by atoms with Gasteiger partial charge < -0.3 is 14.3 Å². The molecule has 2 atom stereocenters. The molecule has 204 valence electrons. The molecule has 0 aliphatic carbocycles. The lowest BCUT2D eigenvalue weighted by atomic mass is 9.99. The van der Waals surface area contributed by atoms with Crippen molar-refractivity contribution in [2.45, 2.75) is 149 Å². The number of benzene rings is 1. The van der Waals surface area contributed by atoms with E-state index in [0.29, 0.717) is 25.2 Å². The summed E-state index contributed by atoms with van der Waals surface area (Å²) in [6, 6.07) is 10.2. The van der Waals surface area contributed by atoms with Gasteiger partial charge in [0.2, 0.25) is 0 Å². The van der Waals surface area contributed by atoms with Gasteiger partial charge in [0.05, 0.1) is 12.7 Å². The first-order chi connectivity index (χ1) is 16.6. The summed E-state index contributed by atoms with van der Waals surface area (Å²) in [5.41, 5.74) is 1.19. The summed E-state index contributed by atoms with van der Waals surface area (Å²) < 4.78 is 12.6. The molecule has 0 saturated carbocycles. The Kier molecular flexibility index (Phi) is 16.4. The first kappa shape index (κ1) is 32.3. The number of unbranched alkanes of at least 4 members (excludes halogenated alkanes) is 6. The molecular formula is C31H58O3Si. The van der Waals surface area contributed by atoms with Crippen molar-refractivity contribution < 1.29 is 14.3 Å². The van der Waals surface area contributed by atoms with Crippen molar-refractivity contribution in [3.63, 3.8) is 0 Å². The topological polar surface area (TPSA) is 38.7 Å². The first-order valence-electron chi connectivity index (χ1n) is 14.6. The second kappa shape index (κ2) is 17.7. The Morgan fingerprint density at radius 1 is 0.829 bits per heavy atom. The van der Waals surface area contributed by atoms with Crippen LogP contribution in [-0.4, -0.2) is 32.2 Å². The molecule has 0 spiro atoms. The van der Waals surface area contributed by atoms with Crippen LogP contribution in [0.25, 0.3) is 0 Å². The maximum Gasteiger partial charge on any atom is 0.192 e. The van der Waals surface area contributed by atoms with Crippen molar-refractivity contribution in [1.29, 1.82) is 0 Å². The van der Waals surface area contributed by atoms with Crippen LogP contribution in [0.3, 0.4) is 0 Å². The van der Waals surface area contributed by atoms with Gasteiger partial charge >= 0.3 is 0 Å². The lowest BCUT2D eigenvalue weighted by molar-refractivity contribution is 0.0689. The number of aliphatic hydroxyl groups excluding tert-OH is 1. The third-order valence-electron chi connectivity index (χ3n) is 8.36. The highest BCUT2D eigenvalue weighted by atomic mass is 28.4. The van der Waals surface area contributed by atoms with Gasteiger partial charge in [0.1, 0.15) is 0 Å². The van der Waals surface area contributed by atoms with Crippen LogP contribution >= 0.6 is 0 Å². The fourth-order valence-electron chi connectivity index (χ4n) is 4.54. The average Bonchev–Trinajstić information content (AvgIpc) is 2.82. The minimum Gasteiger partial charge on any atom is -0.414 e. The SMILES string of the molecule is CCCC[C@@H](CCCCCCCC[C@@H](O)CCOCc1ccccc1)O[Si](C)(C)C(C)(C)C(C)C. The normalized spacial score (nSPS) is 14.4. The van der Waals surface area contributed by atoms with Crippen LogP contribution in [0.5, 0.6) is 0 Å². The van der Waals surface area contributed by atoms with E-state index in [0.717, 1.165) is 19.3 Å². The lowest BCUT2D eigenvalue weighted by Crippen LogP contribution is -2.47. The summed E-state index contributed by atoms with van der Waals surface area (Å²) in [7, 11) is -1.77. The van der Waals surface area contributed by atoms with Gasteiger partial charge in [-0.1, -0.05) is 116 Å². The van der Waals surface area contributed by atoms with Crippen LogP contribution in [0.1, 0.15) is 117 Å². The highest BCUT2D eigenvalue weighted by molar-refractivity contribution is 6.74. The Balaban J connectivity index is 2.14. The standard InChI is InChI=1S/C31H58O3Si/c1-8-9-22-30(34-35(6,7)31(4,5)27(2)3)23-18-13-11-10-12-17-21-29(32)24-25-33-26-28-19-15-14-16-20-28/h14-16,19-20,27,29-30,32H,8-13,17-18,21-26H2,1-7H3/t29-,30+/m1/s1. The van der Waals surface area contributed by atoms with E-state index < -0.39 is 8.32 Å². The second-order valence-corrected chi connectivity index (χ2v) is 16.5. The van der Waals surface area contributed by atoms with E-state index in [-0.39, 0.29) is 11.1 Å². The minimum atomic E-state index is -1.77. The first-order valence-corrected chi connectivity index (χ1v) is 17.5. The molecule has 1 N–H and O–H groups in total. The highest BCUT2D eigenvalue weighted by Gasteiger charge is 2.44. The van der Waals surface area contributed by atoms with Gasteiger partial charge in [-0.25, -0.2) is 0 Å².